The Morgan fingerprint density at radius 3 is 2.54 bits per heavy atom. The molecule has 1 aliphatic carbocycles. The number of aliphatic carboxylic acids is 1. The zero-order valence-corrected chi connectivity index (χ0v) is 17.9. The van der Waals surface area contributed by atoms with Crippen LogP contribution in [0.4, 0.5) is 4.79 Å². The van der Waals surface area contributed by atoms with Gasteiger partial charge in [0.1, 0.15) is 19.8 Å². The number of hydrogen-bond acceptors (Lipinski definition) is 5. The van der Waals surface area contributed by atoms with E-state index in [-0.39, 0.29) is 29.9 Å². The lowest BCUT2D eigenvalue weighted by atomic mass is 9.63. The van der Waals surface area contributed by atoms with Gasteiger partial charge in [0.05, 0.1) is 27.1 Å². The quantitative estimate of drug-likeness (QED) is 0.433. The first-order chi connectivity index (χ1) is 12.9. The Hall–Kier alpha value is -2.01. The number of carbonyl (C=O) groups is 2. The van der Waals surface area contributed by atoms with Crippen molar-refractivity contribution in [1.29, 1.82) is 5.26 Å². The van der Waals surface area contributed by atoms with Gasteiger partial charge in [0.25, 0.3) is 6.26 Å². The SMILES string of the molecule is CC1(C)CC(NC(=O)OCC[N+](C)(C)CCCC(=O)O)CC(C)(COC#N)C1. The average molecular weight is 399 g/mol. The minimum Gasteiger partial charge on any atom is -0.481 e. The summed E-state index contributed by atoms with van der Waals surface area (Å²) < 4.78 is 11.0. The summed E-state index contributed by atoms with van der Waals surface area (Å²) in [7, 11) is 3.99. The van der Waals surface area contributed by atoms with E-state index in [9.17, 15) is 9.59 Å². The van der Waals surface area contributed by atoms with Crippen LogP contribution >= 0.6 is 0 Å². The summed E-state index contributed by atoms with van der Waals surface area (Å²) in [6, 6.07) is -0.0263. The van der Waals surface area contributed by atoms with Crippen molar-refractivity contribution in [1.82, 2.24) is 5.32 Å². The molecule has 2 atom stereocenters. The summed E-state index contributed by atoms with van der Waals surface area (Å²) >= 11 is 0. The van der Waals surface area contributed by atoms with Crippen molar-refractivity contribution in [2.24, 2.45) is 10.8 Å². The van der Waals surface area contributed by atoms with Gasteiger partial charge in [-0.3, -0.25) is 4.79 Å². The Morgan fingerprint density at radius 2 is 1.93 bits per heavy atom. The first-order valence-electron chi connectivity index (χ1n) is 9.84. The molecule has 0 aromatic rings. The van der Waals surface area contributed by atoms with Gasteiger partial charge in [-0.15, -0.1) is 0 Å². The van der Waals surface area contributed by atoms with Crippen LogP contribution in [0.15, 0.2) is 0 Å². The third-order valence-corrected chi connectivity index (χ3v) is 5.33. The molecule has 0 aromatic heterocycles. The molecule has 1 fully saturated rings. The van der Waals surface area contributed by atoms with Crippen molar-refractivity contribution >= 4 is 12.1 Å². The van der Waals surface area contributed by atoms with Gasteiger partial charge in [0.2, 0.25) is 0 Å². The number of nitriles is 1. The molecule has 0 aromatic carbocycles. The summed E-state index contributed by atoms with van der Waals surface area (Å²) in [6.07, 6.45) is 4.56. The fourth-order valence-electron chi connectivity index (χ4n) is 4.42. The first-order valence-corrected chi connectivity index (χ1v) is 9.84. The molecule has 160 valence electrons. The van der Waals surface area contributed by atoms with Crippen molar-refractivity contribution in [3.05, 3.63) is 0 Å². The number of quaternary nitrogens is 1. The van der Waals surface area contributed by atoms with E-state index in [1.807, 2.05) is 14.1 Å². The molecule has 0 spiro atoms. The van der Waals surface area contributed by atoms with E-state index in [1.165, 1.54) is 0 Å². The molecule has 8 nitrogen and oxygen atoms in total. The monoisotopic (exact) mass is 398 g/mol. The number of alkyl carbamates (subject to hydrolysis) is 1. The molecule has 28 heavy (non-hydrogen) atoms. The number of nitrogens with one attached hydrogen (secondary N) is 1. The summed E-state index contributed by atoms with van der Waals surface area (Å²) in [5.41, 5.74) is -0.134. The van der Waals surface area contributed by atoms with E-state index in [0.717, 1.165) is 19.3 Å². The predicted molar refractivity (Wildman–Crippen MR) is 104 cm³/mol. The lowest BCUT2D eigenvalue weighted by molar-refractivity contribution is -0.890. The molecule has 1 rings (SSSR count). The molecule has 1 saturated carbocycles. The summed E-state index contributed by atoms with van der Waals surface area (Å²) in [6.45, 7) is 8.37. The Bertz CT molecular complexity index is 585. The maximum atomic E-state index is 12.2. The van der Waals surface area contributed by atoms with E-state index in [0.29, 0.717) is 30.6 Å². The van der Waals surface area contributed by atoms with Gasteiger partial charge in [-0.25, -0.2) is 4.79 Å². The average Bonchev–Trinajstić information content (AvgIpc) is 2.50. The molecule has 0 saturated heterocycles. The number of ether oxygens (including phenoxy) is 2. The van der Waals surface area contributed by atoms with Crippen molar-refractivity contribution in [2.75, 3.05) is 40.4 Å². The molecule has 1 amide bonds. The standard InChI is InChI=1S/C20H35N3O5/c1-19(2)11-16(12-20(3,13-19)14-27-15-21)22-18(26)28-10-9-23(4,5)8-6-7-17(24)25/h16H,6-14H2,1-5H3,(H-,22,24,25,26)/p+1. The number of likely N-dealkylation sites (N-methyl/N-ethyl adjacent to an activating group) is 1. The van der Waals surface area contributed by atoms with Crippen LogP contribution in [0.5, 0.6) is 0 Å². The first kappa shape index (κ1) is 24.0. The zero-order valence-electron chi connectivity index (χ0n) is 17.9. The molecular weight excluding hydrogens is 362 g/mol. The molecular formula is C20H36N3O5+. The number of hydrogen-bond donors (Lipinski definition) is 2. The Morgan fingerprint density at radius 1 is 1.25 bits per heavy atom. The van der Waals surface area contributed by atoms with Crippen LogP contribution < -0.4 is 5.32 Å². The van der Waals surface area contributed by atoms with Crippen molar-refractivity contribution < 1.29 is 28.7 Å². The van der Waals surface area contributed by atoms with Crippen molar-refractivity contribution in [3.63, 3.8) is 0 Å². The molecule has 8 heteroatoms. The third kappa shape index (κ3) is 9.27. The van der Waals surface area contributed by atoms with E-state index < -0.39 is 12.1 Å². The number of amides is 1. The van der Waals surface area contributed by atoms with Crippen LogP contribution in [0.3, 0.4) is 0 Å². The Labute approximate surface area is 168 Å². The second-order valence-electron chi connectivity index (χ2n) is 9.80. The van der Waals surface area contributed by atoms with E-state index >= 15 is 0 Å². The highest BCUT2D eigenvalue weighted by Gasteiger charge is 2.42. The number of carboxylic acids is 1. The van der Waals surface area contributed by atoms with Crippen LogP contribution in [0.2, 0.25) is 0 Å². The van der Waals surface area contributed by atoms with Crippen LogP contribution in [-0.2, 0) is 14.3 Å². The van der Waals surface area contributed by atoms with Crippen LogP contribution in [0.1, 0.15) is 52.9 Å². The topological polar surface area (TPSA) is 109 Å². The summed E-state index contributed by atoms with van der Waals surface area (Å²) in [5, 5.41) is 20.4. The van der Waals surface area contributed by atoms with Crippen molar-refractivity contribution in [3.8, 4) is 6.26 Å². The number of carbonyl (C=O) groups excluding carboxylic acids is 1. The fraction of sp³-hybridized carbons (Fsp3) is 0.850. The van der Waals surface area contributed by atoms with Gasteiger partial charge in [-0.1, -0.05) is 20.8 Å². The molecule has 1 aliphatic rings. The van der Waals surface area contributed by atoms with Gasteiger partial charge >= 0.3 is 12.1 Å². The minimum atomic E-state index is -0.793. The highest BCUT2D eigenvalue weighted by atomic mass is 16.5. The molecule has 2 N–H and O–H groups in total. The smallest absolute Gasteiger partial charge is 0.407 e. The van der Waals surface area contributed by atoms with Crippen molar-refractivity contribution in [2.45, 2.75) is 58.9 Å². The normalized spacial score (nSPS) is 24.1. The maximum absolute atomic E-state index is 12.2. The Balaban J connectivity index is 2.45. The van der Waals surface area contributed by atoms with E-state index in [4.69, 9.17) is 19.8 Å². The van der Waals surface area contributed by atoms with Gasteiger partial charge < -0.3 is 24.4 Å². The highest BCUT2D eigenvalue weighted by molar-refractivity contribution is 5.67. The molecule has 0 aliphatic heterocycles. The minimum absolute atomic E-state index is 0.0263. The Kier molecular flexibility index (Phi) is 8.55. The number of carboxylic acid groups (broad SMARTS) is 1. The maximum Gasteiger partial charge on any atom is 0.407 e. The largest absolute Gasteiger partial charge is 0.481 e. The van der Waals surface area contributed by atoms with Gasteiger partial charge in [-0.2, -0.15) is 5.26 Å². The zero-order chi connectivity index (χ0) is 21.4. The number of nitrogens with zero attached hydrogens (tertiary/aromatic N) is 2. The number of rotatable bonds is 10. The van der Waals surface area contributed by atoms with Gasteiger partial charge in [0.15, 0.2) is 0 Å². The summed E-state index contributed by atoms with van der Waals surface area (Å²) in [4.78, 5) is 22.9. The van der Waals surface area contributed by atoms with Gasteiger partial charge in [0, 0.05) is 17.9 Å². The molecule has 0 heterocycles. The lowest BCUT2D eigenvalue weighted by Gasteiger charge is -2.45. The second-order valence-corrected chi connectivity index (χ2v) is 9.80. The van der Waals surface area contributed by atoms with Crippen LogP contribution in [-0.4, -0.2) is 68.1 Å². The van der Waals surface area contributed by atoms with Gasteiger partial charge in [-0.05, 0) is 24.7 Å². The summed E-state index contributed by atoms with van der Waals surface area (Å²) in [5.74, 6) is -0.793. The molecule has 2 unspecified atom stereocenters. The van der Waals surface area contributed by atoms with E-state index in [1.54, 1.807) is 6.26 Å². The van der Waals surface area contributed by atoms with Crippen LogP contribution in [0, 0.1) is 22.3 Å². The predicted octanol–water partition coefficient (Wildman–Crippen LogP) is 2.74. The molecule has 0 radical (unpaired) electrons. The van der Waals surface area contributed by atoms with E-state index in [2.05, 4.69) is 26.1 Å². The lowest BCUT2D eigenvalue weighted by Crippen LogP contribution is -2.49. The highest BCUT2D eigenvalue weighted by Crippen LogP contribution is 2.46. The van der Waals surface area contributed by atoms with Crippen LogP contribution in [0.25, 0.3) is 0 Å². The third-order valence-electron chi connectivity index (χ3n) is 5.33. The molecule has 0 bridgehead atoms. The fourth-order valence-corrected chi connectivity index (χ4v) is 4.42. The second kappa shape index (κ2) is 9.97.